The van der Waals surface area contributed by atoms with Crippen molar-refractivity contribution in [3.05, 3.63) is 52.2 Å². The quantitative estimate of drug-likeness (QED) is 0.290. The molecule has 2 unspecified atom stereocenters. The van der Waals surface area contributed by atoms with Crippen LogP contribution in [0.2, 0.25) is 0 Å². The summed E-state index contributed by atoms with van der Waals surface area (Å²) in [7, 11) is 1.69. The molecule has 0 bridgehead atoms. The molecular weight excluding hydrogens is 473 g/mol. The summed E-state index contributed by atoms with van der Waals surface area (Å²) in [6.07, 6.45) is 0. The number of rotatable bonds is 8. The number of para-hydroxylation sites is 1. The summed E-state index contributed by atoms with van der Waals surface area (Å²) < 4.78 is 5.45. The Kier molecular flexibility index (Phi) is 10.1. The normalized spacial score (nSPS) is 14.6. The first kappa shape index (κ1) is 23.7. The van der Waals surface area contributed by atoms with Gasteiger partial charge in [-0.25, -0.2) is 4.99 Å². The molecule has 2 aromatic rings. The number of ether oxygens (including phenoxy) is 1. The Balaban J connectivity index is 0.00000364. The Morgan fingerprint density at radius 3 is 2.63 bits per heavy atom. The molecule has 0 fully saturated rings. The number of halogens is 1. The largest absolute Gasteiger partial charge is 0.496 e. The molecule has 0 radical (unpaired) electrons. The van der Waals surface area contributed by atoms with Crippen LogP contribution in [-0.4, -0.2) is 37.8 Å². The number of thiophene rings is 1. The molecule has 150 valence electrons. The number of hydrogen-bond acceptors (Lipinski definition) is 4. The number of hydrogen-bond donors (Lipinski definition) is 3. The number of benzene rings is 1. The van der Waals surface area contributed by atoms with Crippen molar-refractivity contribution < 1.29 is 9.84 Å². The number of methoxy groups -OCH3 is 1. The van der Waals surface area contributed by atoms with E-state index >= 15 is 0 Å². The maximum absolute atomic E-state index is 10.6. The van der Waals surface area contributed by atoms with E-state index in [0.29, 0.717) is 19.0 Å². The molecule has 5 nitrogen and oxygen atoms in total. The van der Waals surface area contributed by atoms with Crippen LogP contribution in [0.4, 0.5) is 0 Å². The van der Waals surface area contributed by atoms with Crippen LogP contribution in [0, 0.1) is 0 Å². The number of nitrogens with zero attached hydrogens (tertiary/aromatic N) is 1. The molecule has 1 aromatic heterocycles. The number of aliphatic hydroxyl groups is 1. The van der Waals surface area contributed by atoms with Crippen LogP contribution >= 0.6 is 35.3 Å². The average molecular weight is 503 g/mol. The van der Waals surface area contributed by atoms with Crippen LogP contribution in [0.25, 0.3) is 0 Å². The van der Waals surface area contributed by atoms with Gasteiger partial charge < -0.3 is 20.5 Å². The van der Waals surface area contributed by atoms with Gasteiger partial charge in [0.1, 0.15) is 11.4 Å². The Morgan fingerprint density at radius 1 is 1.26 bits per heavy atom. The highest BCUT2D eigenvalue weighted by Crippen LogP contribution is 2.26. The number of guanidine groups is 1. The maximum Gasteiger partial charge on any atom is 0.191 e. The molecule has 2 atom stereocenters. The van der Waals surface area contributed by atoms with Crippen LogP contribution in [0.5, 0.6) is 5.75 Å². The highest BCUT2D eigenvalue weighted by atomic mass is 127. The second-order valence-corrected chi connectivity index (χ2v) is 7.42. The molecule has 7 heteroatoms. The van der Waals surface area contributed by atoms with Gasteiger partial charge in [0.05, 0.1) is 13.7 Å². The van der Waals surface area contributed by atoms with E-state index in [0.717, 1.165) is 22.7 Å². The van der Waals surface area contributed by atoms with Crippen molar-refractivity contribution in [3.63, 3.8) is 0 Å². The van der Waals surface area contributed by atoms with Crippen molar-refractivity contribution in [2.24, 2.45) is 4.99 Å². The molecule has 0 aliphatic rings. The van der Waals surface area contributed by atoms with E-state index in [1.807, 2.05) is 42.6 Å². The Labute approximate surface area is 183 Å². The topological polar surface area (TPSA) is 65.9 Å². The maximum atomic E-state index is 10.6. The molecule has 0 spiro atoms. The summed E-state index contributed by atoms with van der Waals surface area (Å²) in [5, 5.41) is 19.2. The molecule has 0 saturated carbocycles. The number of nitrogens with one attached hydrogen (secondary N) is 2. The van der Waals surface area contributed by atoms with Crippen molar-refractivity contribution in [2.45, 2.75) is 32.3 Å². The fourth-order valence-corrected chi connectivity index (χ4v) is 3.45. The van der Waals surface area contributed by atoms with Gasteiger partial charge >= 0.3 is 0 Å². The third-order valence-electron chi connectivity index (χ3n) is 4.19. The van der Waals surface area contributed by atoms with Crippen LogP contribution < -0.4 is 15.4 Å². The highest BCUT2D eigenvalue weighted by molar-refractivity contribution is 14.0. The van der Waals surface area contributed by atoms with E-state index in [4.69, 9.17) is 4.74 Å². The molecule has 0 amide bonds. The third-order valence-corrected chi connectivity index (χ3v) is 5.31. The fraction of sp³-hybridized carbons (Fsp3) is 0.450. The van der Waals surface area contributed by atoms with Crippen LogP contribution in [0.1, 0.15) is 37.1 Å². The summed E-state index contributed by atoms with van der Waals surface area (Å²) >= 11 is 1.54. The lowest BCUT2D eigenvalue weighted by atomic mass is 10.0. The van der Waals surface area contributed by atoms with Gasteiger partial charge in [-0.1, -0.05) is 31.2 Å². The van der Waals surface area contributed by atoms with Gasteiger partial charge in [-0.3, -0.25) is 0 Å². The first-order valence-corrected chi connectivity index (χ1v) is 9.77. The average Bonchev–Trinajstić information content (AvgIpc) is 3.19. The second kappa shape index (κ2) is 11.5. The van der Waals surface area contributed by atoms with Gasteiger partial charge in [0, 0.05) is 23.9 Å². The van der Waals surface area contributed by atoms with E-state index in [1.165, 1.54) is 0 Å². The van der Waals surface area contributed by atoms with Crippen molar-refractivity contribution in [3.8, 4) is 5.75 Å². The van der Waals surface area contributed by atoms with E-state index in [1.54, 1.807) is 25.4 Å². The molecule has 27 heavy (non-hydrogen) atoms. The van der Waals surface area contributed by atoms with Crippen LogP contribution in [-0.2, 0) is 5.60 Å². The molecule has 0 aliphatic heterocycles. The van der Waals surface area contributed by atoms with Crippen molar-refractivity contribution in [2.75, 3.05) is 26.7 Å². The van der Waals surface area contributed by atoms with Gasteiger partial charge in [-0.05, 0) is 36.9 Å². The lowest BCUT2D eigenvalue weighted by molar-refractivity contribution is 0.0711. The lowest BCUT2D eigenvalue weighted by Gasteiger charge is -2.21. The fourth-order valence-electron chi connectivity index (χ4n) is 2.67. The molecule has 0 aliphatic carbocycles. The Hall–Kier alpha value is -1.32. The van der Waals surface area contributed by atoms with Gasteiger partial charge in [0.25, 0.3) is 0 Å². The molecule has 2 rings (SSSR count). The molecule has 0 saturated heterocycles. The van der Waals surface area contributed by atoms with E-state index in [9.17, 15) is 5.11 Å². The minimum absolute atomic E-state index is 0. The predicted octanol–water partition coefficient (Wildman–Crippen LogP) is 3.94. The SMILES string of the molecule is CCNC(=NCC(C)(O)c1cccs1)NCC(C)c1ccccc1OC.I. The molecule has 3 N–H and O–H groups in total. The Morgan fingerprint density at radius 2 is 2.00 bits per heavy atom. The smallest absolute Gasteiger partial charge is 0.191 e. The standard InChI is InChI=1S/C20H29N3O2S.HI/c1-5-21-19(23-14-20(3,24)18-11-8-12-26-18)22-13-15(2)16-9-6-7-10-17(16)25-4;/h6-12,15,24H,5,13-14H2,1-4H3,(H2,21,22,23);1H. The summed E-state index contributed by atoms with van der Waals surface area (Å²) in [5.74, 6) is 1.85. The van der Waals surface area contributed by atoms with Crippen LogP contribution in [0.3, 0.4) is 0 Å². The summed E-state index contributed by atoms with van der Waals surface area (Å²) in [4.78, 5) is 5.49. The minimum atomic E-state index is -0.967. The summed E-state index contributed by atoms with van der Waals surface area (Å²) in [6, 6.07) is 11.9. The van der Waals surface area contributed by atoms with Gasteiger partial charge in [0.2, 0.25) is 0 Å². The lowest BCUT2D eigenvalue weighted by Crippen LogP contribution is -2.40. The van der Waals surface area contributed by atoms with Crippen molar-refractivity contribution in [1.29, 1.82) is 0 Å². The monoisotopic (exact) mass is 503 g/mol. The highest BCUT2D eigenvalue weighted by Gasteiger charge is 2.24. The van der Waals surface area contributed by atoms with Gasteiger partial charge in [0.15, 0.2) is 5.96 Å². The van der Waals surface area contributed by atoms with Crippen molar-refractivity contribution in [1.82, 2.24) is 10.6 Å². The summed E-state index contributed by atoms with van der Waals surface area (Å²) in [5.41, 5.74) is 0.189. The third kappa shape index (κ3) is 6.97. The molecule has 1 aromatic carbocycles. The van der Waals surface area contributed by atoms with E-state index in [2.05, 4.69) is 28.6 Å². The van der Waals surface area contributed by atoms with E-state index < -0.39 is 5.60 Å². The minimum Gasteiger partial charge on any atom is -0.496 e. The Bertz CT molecular complexity index is 705. The number of aliphatic imine (C=N–C) groups is 1. The van der Waals surface area contributed by atoms with Gasteiger partial charge in [-0.15, -0.1) is 35.3 Å². The zero-order valence-electron chi connectivity index (χ0n) is 16.4. The van der Waals surface area contributed by atoms with Crippen molar-refractivity contribution >= 4 is 41.3 Å². The molecule has 1 heterocycles. The van der Waals surface area contributed by atoms with E-state index in [-0.39, 0.29) is 29.9 Å². The summed E-state index contributed by atoms with van der Waals surface area (Å²) in [6.45, 7) is 7.74. The zero-order chi connectivity index (χ0) is 19.0. The van der Waals surface area contributed by atoms with Crippen LogP contribution in [0.15, 0.2) is 46.8 Å². The molecular formula is C20H30IN3O2S. The first-order chi connectivity index (χ1) is 12.5. The predicted molar refractivity (Wildman–Crippen MR) is 125 cm³/mol. The second-order valence-electron chi connectivity index (χ2n) is 6.47. The zero-order valence-corrected chi connectivity index (χ0v) is 19.5. The van der Waals surface area contributed by atoms with Gasteiger partial charge in [-0.2, -0.15) is 0 Å². The first-order valence-electron chi connectivity index (χ1n) is 8.89.